The molecule has 125 heavy (non-hydrogen) atoms. The lowest BCUT2D eigenvalue weighted by Crippen LogP contribution is -2.41. The second-order valence-electron chi connectivity index (χ2n) is 29.4. The number of fused-ring (bicyclic) bond motifs is 4. The minimum atomic E-state index is -1.03. The minimum absolute atomic E-state index is 0.106. The van der Waals surface area contributed by atoms with E-state index in [1.165, 1.54) is 150 Å². The van der Waals surface area contributed by atoms with Crippen LogP contribution in [0.2, 0.25) is 0 Å². The molecule has 3 aliphatic rings. The summed E-state index contributed by atoms with van der Waals surface area (Å²) in [5.74, 6) is 0.125. The number of nitrogens with two attached hydrogens (primary N) is 5. The Labute approximate surface area is 742 Å². The van der Waals surface area contributed by atoms with Gasteiger partial charge in [0.05, 0.1) is 134 Å². The normalized spacial score (nSPS) is 13.8. The van der Waals surface area contributed by atoms with Crippen molar-refractivity contribution in [2.45, 2.75) is 116 Å². The van der Waals surface area contributed by atoms with Gasteiger partial charge in [0, 0.05) is 65.7 Å². The van der Waals surface area contributed by atoms with Crippen LogP contribution in [0.4, 0.5) is 29.3 Å². The van der Waals surface area contributed by atoms with E-state index in [1.807, 2.05) is 72.8 Å². The number of nitrogen functional groups attached to an aromatic ring is 4. The molecule has 2 saturated carbocycles. The Balaban J connectivity index is 0.000000141. The summed E-state index contributed by atoms with van der Waals surface area (Å²) in [4.78, 5) is 80.2. The fraction of sp³-hybridized carbons (Fsp3) is 0.273. The van der Waals surface area contributed by atoms with E-state index in [2.05, 4.69) is 93.6 Å². The second-order valence-corrected chi connectivity index (χ2v) is 34.5. The molecule has 0 radical (unpaired) electrons. The summed E-state index contributed by atoms with van der Waals surface area (Å²) in [5.41, 5.74) is 39.3. The topological polar surface area (TPSA) is 426 Å². The van der Waals surface area contributed by atoms with Crippen molar-refractivity contribution in [2.24, 2.45) is 5.73 Å². The number of anilines is 4. The maximum absolute atomic E-state index is 13.9. The van der Waals surface area contributed by atoms with Crippen molar-refractivity contribution < 1.29 is 80.3 Å². The first-order chi connectivity index (χ1) is 60.0. The Kier molecular flexibility index (Phi) is 30.4. The molecule has 6 aromatic carbocycles. The number of thiazole rings is 4. The Morgan fingerprint density at radius 2 is 0.840 bits per heavy atom. The number of aromatic nitrogens is 8. The molecule has 9 heterocycles. The van der Waals surface area contributed by atoms with E-state index < -0.39 is 17.9 Å². The van der Waals surface area contributed by atoms with Crippen LogP contribution in [0.25, 0.3) is 74.2 Å². The van der Waals surface area contributed by atoms with E-state index in [4.69, 9.17) is 76.2 Å². The van der Waals surface area contributed by atoms with Gasteiger partial charge in [-0.3, -0.25) is 4.79 Å². The number of ether oxygens (including phenoxy) is 8. The Hall–Kier alpha value is -12.4. The molecule has 650 valence electrons. The van der Waals surface area contributed by atoms with Gasteiger partial charge in [0.15, 0.2) is 20.5 Å². The number of amides is 1. The summed E-state index contributed by atoms with van der Waals surface area (Å²) >= 11 is 8.86. The predicted molar refractivity (Wildman–Crippen MR) is 487 cm³/mol. The van der Waals surface area contributed by atoms with Crippen molar-refractivity contribution in [3.8, 4) is 68.4 Å². The van der Waals surface area contributed by atoms with E-state index in [0.717, 1.165) is 113 Å². The Morgan fingerprint density at radius 3 is 1.24 bits per heavy atom. The second kappa shape index (κ2) is 41.4. The number of pyridine rings is 4. The molecule has 0 bridgehead atoms. The number of benzene rings is 6. The van der Waals surface area contributed by atoms with Gasteiger partial charge in [-0.05, 0) is 226 Å². The van der Waals surface area contributed by atoms with Crippen LogP contribution < -0.4 is 67.9 Å². The molecule has 1 amide bonds. The largest absolute Gasteiger partial charge is 0.494 e. The van der Waals surface area contributed by atoms with Gasteiger partial charge in [-0.25, -0.2) is 63.0 Å². The number of hydrogen-bond donors (Lipinski definition) is 7. The van der Waals surface area contributed by atoms with Crippen molar-refractivity contribution >= 4 is 159 Å². The number of halogens is 3. The van der Waals surface area contributed by atoms with Gasteiger partial charge in [-0.1, -0.05) is 69.6 Å². The highest BCUT2D eigenvalue weighted by Gasteiger charge is 2.52. The third-order valence-corrected chi connectivity index (χ3v) is 24.4. The van der Waals surface area contributed by atoms with Crippen LogP contribution in [0, 0.1) is 11.6 Å². The molecule has 1 saturated heterocycles. The van der Waals surface area contributed by atoms with E-state index in [0.29, 0.717) is 106 Å². The molecule has 8 aromatic heterocycles. The van der Waals surface area contributed by atoms with Crippen molar-refractivity contribution in [3.05, 3.63) is 208 Å². The first-order valence-electron chi connectivity index (χ1n) is 39.1. The molecule has 2 aliphatic carbocycles. The van der Waals surface area contributed by atoms with Gasteiger partial charge in [-0.2, -0.15) is 0 Å². The Bertz CT molecular complexity index is 6210. The highest BCUT2D eigenvalue weighted by molar-refractivity contribution is 9.10. The minimum Gasteiger partial charge on any atom is -0.490 e. The van der Waals surface area contributed by atoms with Gasteiger partial charge in [0.1, 0.15) is 23.1 Å². The molecular formula is C88H90BBrF2N14O15S4. The standard InChI is InChI=1S/C26H25FN4O3S.C15H13N3O3S.C14H11N3O3S.C13H17BN2O2S.C12H16FNO.C8H8BrNO3/c1-33-25-20(15-6-8-21-23(12-15)35-26(28)31-21)11-17(14-30-25)24(32)29-13-16-10-18(27)7-9-22(16)34-19-4-2-3-5-19;1-20-13-10(5-9(7-17-13)14(19)21-2)8-3-4-11-12(6-8)22-15(16)18-11;1-20-12-9(4-8(6-16-12)13(18)19)7-2-3-10-11(5-7)21-14(15)17-10;1-12(2)13(3,4)18-14(17-12)8-5-6-9-10(7-8)19-11(15)16-9;13-10-5-6-12(9(7-10)8-14)15-11-3-1-2-4-11;1-12-7-6(9)3-5(4-10-7)8(11)13-2/h6-12,14,19H,2-5,13H2,1H3,(H2,28,31)(H,29,32);3-7H,1-2H3,(H2,16,18);2-6H,1H3,(H2,15,17)(H,18,19);5-7H,1-4H3,(H2,15,16);5-7,11H,1-4,8,14H2;3-4H,1-2H3. The van der Waals surface area contributed by atoms with Crippen LogP contribution in [0.15, 0.2) is 163 Å². The third-order valence-electron chi connectivity index (χ3n) is 20.5. The lowest BCUT2D eigenvalue weighted by atomic mass is 9.79. The third kappa shape index (κ3) is 23.0. The molecule has 12 N–H and O–H groups in total. The fourth-order valence-electron chi connectivity index (χ4n) is 13.4. The first kappa shape index (κ1) is 91.8. The summed E-state index contributed by atoms with van der Waals surface area (Å²) in [5, 5.41) is 14.0. The van der Waals surface area contributed by atoms with E-state index in [-0.39, 0.29) is 54.1 Å². The molecule has 29 nitrogen and oxygen atoms in total. The summed E-state index contributed by atoms with van der Waals surface area (Å²) in [7, 11) is 8.38. The van der Waals surface area contributed by atoms with Crippen molar-refractivity contribution in [3.63, 3.8) is 0 Å². The van der Waals surface area contributed by atoms with E-state index >= 15 is 0 Å². The molecule has 0 spiro atoms. The summed E-state index contributed by atoms with van der Waals surface area (Å²) < 4.78 is 85.4. The molecule has 14 aromatic rings. The first-order valence-corrected chi connectivity index (χ1v) is 43.1. The number of aromatic carboxylic acids is 1. The van der Waals surface area contributed by atoms with Crippen LogP contribution in [-0.2, 0) is 31.9 Å². The van der Waals surface area contributed by atoms with E-state index in [9.17, 15) is 28.0 Å². The number of rotatable bonds is 19. The highest BCUT2D eigenvalue weighted by atomic mass is 79.9. The lowest BCUT2D eigenvalue weighted by molar-refractivity contribution is 0.00578. The number of hydrogen-bond acceptors (Lipinski definition) is 31. The van der Waals surface area contributed by atoms with Crippen LogP contribution in [0.1, 0.15) is 132 Å². The van der Waals surface area contributed by atoms with Gasteiger partial charge in [0.2, 0.25) is 23.5 Å². The number of carbonyl (C=O) groups is 4. The maximum atomic E-state index is 13.9. The predicted octanol–water partition coefficient (Wildman–Crippen LogP) is 17.1. The highest BCUT2D eigenvalue weighted by Crippen LogP contribution is 2.41. The molecule has 0 atom stereocenters. The monoisotopic (exact) mass is 1840 g/mol. The molecule has 17 rings (SSSR count). The fourth-order valence-corrected chi connectivity index (χ4v) is 17.0. The SMILES string of the molecule is CC1(C)OB(c2ccc3nc(N)sc3c2)OC1(C)C.COC(=O)c1cnc(OC)c(-c2ccc3nc(N)sc3c2)c1.COC(=O)c1cnc(OC)c(Br)c1.COc1ncc(C(=O)NCc2cc(F)ccc2OC2CCCC2)cc1-c1ccc2nc(N)sc2c1.COc1ncc(C(=O)O)cc1-c1ccc2nc(N)sc2c1.NCc1cc(F)ccc1OC1CCCC1. The number of nitrogens with one attached hydrogen (secondary N) is 1. The van der Waals surface area contributed by atoms with Gasteiger partial charge in [-0.15, -0.1) is 0 Å². The average molecular weight is 1840 g/mol. The zero-order valence-corrected chi connectivity index (χ0v) is 74.6. The van der Waals surface area contributed by atoms with Crippen LogP contribution in [0.3, 0.4) is 0 Å². The van der Waals surface area contributed by atoms with E-state index in [1.54, 1.807) is 36.4 Å². The molecule has 0 unspecified atom stereocenters. The molecule has 1 aliphatic heterocycles. The van der Waals surface area contributed by atoms with Crippen molar-refractivity contribution in [1.29, 1.82) is 0 Å². The smallest absolute Gasteiger partial charge is 0.490 e. The zero-order valence-electron chi connectivity index (χ0n) is 69.7. The Morgan fingerprint density at radius 1 is 0.480 bits per heavy atom. The van der Waals surface area contributed by atoms with Crippen molar-refractivity contribution in [2.75, 3.05) is 65.6 Å². The zero-order chi connectivity index (χ0) is 89.4. The van der Waals surface area contributed by atoms with Gasteiger partial charge < -0.3 is 86.3 Å². The molecular weight excluding hydrogens is 1750 g/mol. The quantitative estimate of drug-likeness (QED) is 0.0292. The number of carbonyl (C=O) groups excluding carboxylic acids is 3. The molecule has 37 heteroatoms. The number of carboxylic acid groups (broad SMARTS) is 1. The molecule has 3 fully saturated rings. The van der Waals surface area contributed by atoms with Gasteiger partial charge >= 0.3 is 25.0 Å². The van der Waals surface area contributed by atoms with Crippen LogP contribution >= 0.6 is 61.3 Å². The number of nitrogens with zero attached hydrogens (tertiary/aromatic N) is 8. The van der Waals surface area contributed by atoms with Gasteiger partial charge in [0.25, 0.3) is 5.91 Å². The summed E-state index contributed by atoms with van der Waals surface area (Å²) in [6.07, 6.45) is 14.9. The van der Waals surface area contributed by atoms with Crippen LogP contribution in [0.5, 0.6) is 35.0 Å². The van der Waals surface area contributed by atoms with Crippen LogP contribution in [-0.4, -0.2) is 142 Å². The number of methoxy groups -OCH3 is 6. The maximum Gasteiger partial charge on any atom is 0.494 e. The number of esters is 2. The van der Waals surface area contributed by atoms with Crippen molar-refractivity contribution in [1.82, 2.24) is 45.2 Å². The average Bonchev–Trinajstić information content (AvgIpc) is 1.63. The summed E-state index contributed by atoms with van der Waals surface area (Å²) in [6, 6.07) is 38.5. The summed E-state index contributed by atoms with van der Waals surface area (Å²) in [6.45, 7) is 8.66. The lowest BCUT2D eigenvalue weighted by Gasteiger charge is -2.32. The number of carboxylic acids is 1.